The van der Waals surface area contributed by atoms with Crippen molar-refractivity contribution in [3.63, 3.8) is 0 Å². The minimum absolute atomic E-state index is 0.116. The fourth-order valence-electron chi connectivity index (χ4n) is 2.48. The van der Waals surface area contributed by atoms with Crippen LogP contribution in [0.3, 0.4) is 0 Å². The molecule has 0 saturated heterocycles. The lowest BCUT2D eigenvalue weighted by Gasteiger charge is -2.13. The first kappa shape index (κ1) is 16.6. The first-order valence-corrected chi connectivity index (χ1v) is 9.66. The Bertz CT molecular complexity index is 950. The normalized spacial score (nSPS) is 10.7. The van der Waals surface area contributed by atoms with Crippen molar-refractivity contribution in [1.82, 2.24) is 15.0 Å². The molecule has 3 aromatic heterocycles. The van der Waals surface area contributed by atoms with Crippen molar-refractivity contribution in [3.05, 3.63) is 65.6 Å². The summed E-state index contributed by atoms with van der Waals surface area (Å²) >= 11 is 2.85. The van der Waals surface area contributed by atoms with Gasteiger partial charge in [0.25, 0.3) is 0 Å². The van der Waals surface area contributed by atoms with Crippen LogP contribution >= 0.6 is 22.7 Å². The number of aromatic nitrogens is 3. The van der Waals surface area contributed by atoms with Crippen molar-refractivity contribution in [1.29, 1.82) is 0 Å². The molecule has 3 heterocycles. The number of carbonyl (C=O) groups is 1. The molecule has 0 aliphatic carbocycles. The summed E-state index contributed by atoms with van der Waals surface area (Å²) in [6, 6.07) is 13.7. The van der Waals surface area contributed by atoms with Crippen molar-refractivity contribution in [2.24, 2.45) is 0 Å². The standard InChI is InChI=1S/C19H14N4OS2/c1-13(24)23(18-21-16(11-25-18)14-5-3-2-4-6-14)19-22-17(12-26-19)15-7-9-20-10-8-15/h2-12H,1H3. The van der Waals surface area contributed by atoms with Crippen molar-refractivity contribution >= 4 is 38.8 Å². The summed E-state index contributed by atoms with van der Waals surface area (Å²) in [6.45, 7) is 1.52. The second-order valence-corrected chi connectivity index (χ2v) is 7.16. The lowest BCUT2D eigenvalue weighted by molar-refractivity contribution is -0.115. The van der Waals surface area contributed by atoms with Crippen molar-refractivity contribution in [2.75, 3.05) is 4.90 Å². The molecule has 0 aliphatic rings. The number of thiazole rings is 2. The van der Waals surface area contributed by atoms with E-state index in [1.165, 1.54) is 29.6 Å². The Morgan fingerprint density at radius 3 is 1.92 bits per heavy atom. The molecule has 7 heteroatoms. The number of hydrogen-bond donors (Lipinski definition) is 0. The number of amides is 1. The molecule has 0 fully saturated rings. The molecule has 0 spiro atoms. The van der Waals surface area contributed by atoms with Crippen LogP contribution in [0, 0.1) is 0 Å². The molecule has 4 rings (SSSR count). The number of nitrogens with zero attached hydrogens (tertiary/aromatic N) is 4. The maximum Gasteiger partial charge on any atom is 0.232 e. The molecule has 26 heavy (non-hydrogen) atoms. The van der Waals surface area contributed by atoms with Crippen LogP contribution in [0.5, 0.6) is 0 Å². The lowest BCUT2D eigenvalue weighted by atomic mass is 10.2. The van der Waals surface area contributed by atoms with Gasteiger partial charge in [0.2, 0.25) is 5.91 Å². The van der Waals surface area contributed by atoms with E-state index in [0.29, 0.717) is 10.3 Å². The Balaban J connectivity index is 1.68. The van der Waals surface area contributed by atoms with Crippen LogP contribution in [0.25, 0.3) is 22.5 Å². The van der Waals surface area contributed by atoms with Crippen LogP contribution in [0.15, 0.2) is 65.6 Å². The first-order valence-electron chi connectivity index (χ1n) is 7.90. The van der Waals surface area contributed by atoms with E-state index < -0.39 is 0 Å². The SMILES string of the molecule is CC(=O)N(c1nc(-c2ccccc2)cs1)c1nc(-c2ccncc2)cs1. The van der Waals surface area contributed by atoms with Gasteiger partial charge >= 0.3 is 0 Å². The maximum absolute atomic E-state index is 12.3. The molecule has 0 radical (unpaired) electrons. The zero-order valence-electron chi connectivity index (χ0n) is 13.9. The second-order valence-electron chi connectivity index (χ2n) is 5.49. The zero-order chi connectivity index (χ0) is 17.9. The molecule has 0 bridgehead atoms. The number of hydrogen-bond acceptors (Lipinski definition) is 6. The smallest absolute Gasteiger partial charge is 0.232 e. The van der Waals surface area contributed by atoms with Crippen molar-refractivity contribution in [2.45, 2.75) is 6.92 Å². The molecule has 4 aromatic rings. The summed E-state index contributed by atoms with van der Waals surface area (Å²) in [7, 11) is 0. The fourth-order valence-corrected chi connectivity index (χ4v) is 4.29. The Hall–Kier alpha value is -2.90. The largest absolute Gasteiger partial charge is 0.274 e. The summed E-state index contributed by atoms with van der Waals surface area (Å²) in [5, 5.41) is 5.12. The minimum Gasteiger partial charge on any atom is -0.274 e. The third-order valence-corrected chi connectivity index (χ3v) is 5.38. The highest BCUT2D eigenvalue weighted by atomic mass is 32.1. The van der Waals surface area contributed by atoms with Gasteiger partial charge in [-0.15, -0.1) is 22.7 Å². The summed E-state index contributed by atoms with van der Waals surface area (Å²) in [5.74, 6) is -0.116. The number of benzene rings is 1. The van der Waals surface area contributed by atoms with E-state index in [1.807, 2.05) is 53.2 Å². The maximum atomic E-state index is 12.3. The van der Waals surface area contributed by atoms with E-state index in [2.05, 4.69) is 15.0 Å². The van der Waals surface area contributed by atoms with E-state index in [1.54, 1.807) is 17.3 Å². The Kier molecular flexibility index (Phi) is 4.55. The summed E-state index contributed by atoms with van der Waals surface area (Å²) in [5.41, 5.74) is 3.66. The zero-order valence-corrected chi connectivity index (χ0v) is 15.5. The molecule has 0 unspecified atom stereocenters. The minimum atomic E-state index is -0.116. The van der Waals surface area contributed by atoms with Crippen molar-refractivity contribution < 1.29 is 4.79 Å². The van der Waals surface area contributed by atoms with Gasteiger partial charge in [0.05, 0.1) is 11.4 Å². The fraction of sp³-hybridized carbons (Fsp3) is 0.0526. The van der Waals surface area contributed by atoms with E-state index in [9.17, 15) is 4.79 Å². The molecule has 1 amide bonds. The molecular formula is C19H14N4OS2. The van der Waals surface area contributed by atoms with E-state index >= 15 is 0 Å². The van der Waals surface area contributed by atoms with Gasteiger partial charge in [-0.3, -0.25) is 9.78 Å². The number of anilines is 2. The van der Waals surface area contributed by atoms with Gasteiger partial charge in [0, 0.05) is 41.2 Å². The van der Waals surface area contributed by atoms with Gasteiger partial charge in [-0.25, -0.2) is 14.9 Å². The molecular weight excluding hydrogens is 364 g/mol. The predicted octanol–water partition coefficient (Wildman–Crippen LogP) is 5.01. The van der Waals surface area contributed by atoms with Crippen molar-refractivity contribution in [3.8, 4) is 22.5 Å². The summed E-state index contributed by atoms with van der Waals surface area (Å²) in [4.78, 5) is 27.1. The lowest BCUT2D eigenvalue weighted by Crippen LogP contribution is -2.22. The van der Waals surface area contributed by atoms with Crippen LogP contribution in [0.2, 0.25) is 0 Å². The molecule has 0 N–H and O–H groups in total. The Morgan fingerprint density at radius 1 is 0.846 bits per heavy atom. The van der Waals surface area contributed by atoms with E-state index in [-0.39, 0.29) is 5.91 Å². The van der Waals surface area contributed by atoms with Gasteiger partial charge in [-0.1, -0.05) is 30.3 Å². The van der Waals surface area contributed by atoms with Gasteiger partial charge in [0.15, 0.2) is 10.3 Å². The topological polar surface area (TPSA) is 59.0 Å². The molecule has 128 valence electrons. The highest BCUT2D eigenvalue weighted by molar-refractivity contribution is 7.16. The number of rotatable bonds is 4. The summed E-state index contributed by atoms with van der Waals surface area (Å²) in [6.07, 6.45) is 3.45. The highest BCUT2D eigenvalue weighted by Gasteiger charge is 2.21. The first-order chi connectivity index (χ1) is 12.7. The highest BCUT2D eigenvalue weighted by Crippen LogP contribution is 2.35. The number of pyridine rings is 1. The Labute approximate surface area is 158 Å². The molecule has 5 nitrogen and oxygen atoms in total. The molecule has 0 saturated carbocycles. The average Bonchev–Trinajstić information content (AvgIpc) is 3.34. The molecule has 1 aromatic carbocycles. The third-order valence-electron chi connectivity index (χ3n) is 3.73. The van der Waals surface area contributed by atoms with Crippen LogP contribution in [-0.4, -0.2) is 20.9 Å². The van der Waals surface area contributed by atoms with Crippen LogP contribution in [0.1, 0.15) is 6.92 Å². The second kappa shape index (κ2) is 7.15. The Morgan fingerprint density at radius 2 is 1.38 bits per heavy atom. The van der Waals surface area contributed by atoms with Gasteiger partial charge in [0.1, 0.15) is 0 Å². The predicted molar refractivity (Wildman–Crippen MR) is 106 cm³/mol. The van der Waals surface area contributed by atoms with Crippen LogP contribution in [-0.2, 0) is 4.79 Å². The van der Waals surface area contributed by atoms with Gasteiger partial charge in [-0.2, -0.15) is 0 Å². The molecule has 0 aliphatic heterocycles. The van der Waals surface area contributed by atoms with E-state index in [4.69, 9.17) is 0 Å². The monoisotopic (exact) mass is 378 g/mol. The van der Waals surface area contributed by atoms with Crippen LogP contribution < -0.4 is 4.90 Å². The van der Waals surface area contributed by atoms with Gasteiger partial charge in [-0.05, 0) is 12.1 Å². The average molecular weight is 378 g/mol. The third kappa shape index (κ3) is 3.26. The van der Waals surface area contributed by atoms with Gasteiger partial charge < -0.3 is 0 Å². The number of carbonyl (C=O) groups excluding carboxylic acids is 1. The van der Waals surface area contributed by atoms with E-state index in [0.717, 1.165) is 22.5 Å². The molecule has 0 atom stereocenters. The quantitative estimate of drug-likeness (QED) is 0.501. The van der Waals surface area contributed by atoms with Crippen LogP contribution in [0.4, 0.5) is 10.3 Å². The summed E-state index contributed by atoms with van der Waals surface area (Å²) < 4.78 is 0.